The summed E-state index contributed by atoms with van der Waals surface area (Å²) in [6.07, 6.45) is 2.71. The van der Waals surface area contributed by atoms with Gasteiger partial charge in [0.05, 0.1) is 5.92 Å². The fraction of sp³-hybridized carbons (Fsp3) is 0.429. The van der Waals surface area contributed by atoms with Crippen LogP contribution < -0.4 is 10.6 Å². The van der Waals surface area contributed by atoms with Crippen LogP contribution in [0.25, 0.3) is 0 Å². The molecule has 1 fully saturated rings. The fourth-order valence-corrected chi connectivity index (χ4v) is 2.43. The first-order valence-corrected chi connectivity index (χ1v) is 6.22. The number of hydrogen-bond donors (Lipinski definition) is 1. The van der Waals surface area contributed by atoms with Crippen LogP contribution in [-0.2, 0) is 4.79 Å². The molecule has 4 nitrogen and oxygen atoms in total. The molecule has 1 unspecified atom stereocenters. The van der Waals surface area contributed by atoms with E-state index in [-0.39, 0.29) is 11.8 Å². The Kier molecular flexibility index (Phi) is 3.65. The summed E-state index contributed by atoms with van der Waals surface area (Å²) in [5.74, 6) is -0.286. The lowest BCUT2D eigenvalue weighted by molar-refractivity contribution is -0.122. The Bertz CT molecular complexity index is 471. The SMILES string of the molecule is Cc1cc(N2CCCC(C(N)=O)C2)ccc1C=O. The van der Waals surface area contributed by atoms with Gasteiger partial charge in [0.2, 0.25) is 5.91 Å². The van der Waals surface area contributed by atoms with Gasteiger partial charge >= 0.3 is 0 Å². The van der Waals surface area contributed by atoms with E-state index in [1.54, 1.807) is 0 Å². The van der Waals surface area contributed by atoms with Gasteiger partial charge < -0.3 is 10.6 Å². The summed E-state index contributed by atoms with van der Waals surface area (Å²) in [6.45, 7) is 3.53. The molecule has 1 aromatic rings. The molecular weight excluding hydrogens is 228 g/mol. The normalized spacial score (nSPS) is 19.6. The van der Waals surface area contributed by atoms with Crippen molar-refractivity contribution in [2.24, 2.45) is 11.7 Å². The van der Waals surface area contributed by atoms with Gasteiger partial charge in [-0.25, -0.2) is 0 Å². The van der Waals surface area contributed by atoms with Crippen LogP contribution in [0.3, 0.4) is 0 Å². The van der Waals surface area contributed by atoms with E-state index >= 15 is 0 Å². The first kappa shape index (κ1) is 12.6. The van der Waals surface area contributed by atoms with Gasteiger partial charge in [0.1, 0.15) is 6.29 Å². The molecule has 1 amide bonds. The quantitative estimate of drug-likeness (QED) is 0.822. The summed E-state index contributed by atoms with van der Waals surface area (Å²) >= 11 is 0. The van der Waals surface area contributed by atoms with Gasteiger partial charge in [0.25, 0.3) is 0 Å². The second-order valence-corrected chi connectivity index (χ2v) is 4.85. The molecule has 0 bridgehead atoms. The number of nitrogens with two attached hydrogens (primary N) is 1. The van der Waals surface area contributed by atoms with E-state index in [1.165, 1.54) is 0 Å². The van der Waals surface area contributed by atoms with Crippen LogP contribution in [0.4, 0.5) is 5.69 Å². The minimum absolute atomic E-state index is 0.0650. The Hall–Kier alpha value is -1.84. The molecule has 0 saturated carbocycles. The van der Waals surface area contributed by atoms with Crippen molar-refractivity contribution >= 4 is 17.9 Å². The minimum atomic E-state index is -0.221. The molecule has 18 heavy (non-hydrogen) atoms. The summed E-state index contributed by atoms with van der Waals surface area (Å²) < 4.78 is 0. The van der Waals surface area contributed by atoms with Crippen LogP contribution >= 0.6 is 0 Å². The van der Waals surface area contributed by atoms with Gasteiger partial charge in [-0.3, -0.25) is 9.59 Å². The van der Waals surface area contributed by atoms with E-state index in [9.17, 15) is 9.59 Å². The molecule has 4 heteroatoms. The minimum Gasteiger partial charge on any atom is -0.371 e. The third kappa shape index (κ3) is 2.53. The number of primary amides is 1. The summed E-state index contributed by atoms with van der Waals surface area (Å²) in [4.78, 5) is 24.2. The van der Waals surface area contributed by atoms with Crippen molar-refractivity contribution in [2.45, 2.75) is 19.8 Å². The molecule has 0 aromatic heterocycles. The standard InChI is InChI=1S/C14H18N2O2/c1-10-7-13(5-4-12(10)9-17)16-6-2-3-11(8-16)14(15)18/h4-5,7,9,11H,2-3,6,8H2,1H3,(H2,15,18). The number of amides is 1. The van der Waals surface area contributed by atoms with E-state index in [0.717, 1.165) is 36.9 Å². The summed E-state index contributed by atoms with van der Waals surface area (Å²) in [6, 6.07) is 5.75. The van der Waals surface area contributed by atoms with Crippen molar-refractivity contribution in [2.75, 3.05) is 18.0 Å². The maximum atomic E-state index is 11.2. The zero-order valence-corrected chi connectivity index (χ0v) is 10.6. The number of benzene rings is 1. The number of carbonyl (C=O) groups is 2. The molecule has 96 valence electrons. The fourth-order valence-electron chi connectivity index (χ4n) is 2.43. The molecule has 0 radical (unpaired) electrons. The molecule has 0 spiro atoms. The van der Waals surface area contributed by atoms with Crippen LogP contribution in [0, 0.1) is 12.8 Å². The number of anilines is 1. The van der Waals surface area contributed by atoms with Crippen LogP contribution in [0.1, 0.15) is 28.8 Å². The van der Waals surface area contributed by atoms with Crippen molar-refractivity contribution < 1.29 is 9.59 Å². The Morgan fingerprint density at radius 3 is 2.89 bits per heavy atom. The highest BCUT2D eigenvalue weighted by atomic mass is 16.1. The first-order valence-electron chi connectivity index (χ1n) is 6.22. The van der Waals surface area contributed by atoms with Gasteiger partial charge in [-0.2, -0.15) is 0 Å². The van der Waals surface area contributed by atoms with Crippen molar-refractivity contribution in [1.29, 1.82) is 0 Å². The Morgan fingerprint density at radius 1 is 1.50 bits per heavy atom. The van der Waals surface area contributed by atoms with E-state index in [0.29, 0.717) is 12.1 Å². The van der Waals surface area contributed by atoms with E-state index in [1.807, 2.05) is 25.1 Å². The highest BCUT2D eigenvalue weighted by molar-refractivity contribution is 5.79. The number of piperidine rings is 1. The van der Waals surface area contributed by atoms with Crippen molar-refractivity contribution in [1.82, 2.24) is 0 Å². The number of carbonyl (C=O) groups excluding carboxylic acids is 2. The van der Waals surface area contributed by atoms with Gasteiger partial charge in [-0.15, -0.1) is 0 Å². The number of rotatable bonds is 3. The zero-order chi connectivity index (χ0) is 13.1. The van der Waals surface area contributed by atoms with Crippen LogP contribution in [-0.4, -0.2) is 25.3 Å². The van der Waals surface area contributed by atoms with Gasteiger partial charge in [0.15, 0.2) is 0 Å². The first-order chi connectivity index (χ1) is 8.61. The molecule has 2 N–H and O–H groups in total. The second-order valence-electron chi connectivity index (χ2n) is 4.85. The molecule has 1 aliphatic rings. The van der Waals surface area contributed by atoms with Crippen molar-refractivity contribution in [3.63, 3.8) is 0 Å². The Morgan fingerprint density at radius 2 is 2.28 bits per heavy atom. The average molecular weight is 246 g/mol. The summed E-state index contributed by atoms with van der Waals surface area (Å²) in [5, 5.41) is 0. The highest BCUT2D eigenvalue weighted by Crippen LogP contribution is 2.24. The maximum Gasteiger partial charge on any atom is 0.222 e. The highest BCUT2D eigenvalue weighted by Gasteiger charge is 2.24. The lowest BCUT2D eigenvalue weighted by Crippen LogP contribution is -2.41. The molecule has 1 saturated heterocycles. The third-order valence-electron chi connectivity index (χ3n) is 3.57. The lowest BCUT2D eigenvalue weighted by Gasteiger charge is -2.33. The summed E-state index contributed by atoms with van der Waals surface area (Å²) in [7, 11) is 0. The molecular formula is C14H18N2O2. The topological polar surface area (TPSA) is 63.4 Å². The summed E-state index contributed by atoms with van der Waals surface area (Å²) in [5.41, 5.74) is 8.10. The lowest BCUT2D eigenvalue weighted by atomic mass is 9.96. The molecule has 0 aliphatic carbocycles. The van der Waals surface area contributed by atoms with Gasteiger partial charge in [0, 0.05) is 24.3 Å². The Labute approximate surface area is 107 Å². The van der Waals surface area contributed by atoms with Crippen LogP contribution in [0.15, 0.2) is 18.2 Å². The molecule has 1 aromatic carbocycles. The third-order valence-corrected chi connectivity index (χ3v) is 3.57. The maximum absolute atomic E-state index is 11.2. The van der Waals surface area contributed by atoms with Crippen LogP contribution in [0.5, 0.6) is 0 Å². The number of hydrogen-bond acceptors (Lipinski definition) is 3. The van der Waals surface area contributed by atoms with E-state index in [4.69, 9.17) is 5.73 Å². The molecule has 1 aliphatic heterocycles. The average Bonchev–Trinajstić information content (AvgIpc) is 2.38. The number of nitrogens with zero attached hydrogens (tertiary/aromatic N) is 1. The van der Waals surface area contributed by atoms with Gasteiger partial charge in [-0.05, 0) is 43.5 Å². The zero-order valence-electron chi connectivity index (χ0n) is 10.6. The van der Waals surface area contributed by atoms with Crippen molar-refractivity contribution in [3.8, 4) is 0 Å². The monoisotopic (exact) mass is 246 g/mol. The second kappa shape index (κ2) is 5.21. The van der Waals surface area contributed by atoms with Crippen molar-refractivity contribution in [3.05, 3.63) is 29.3 Å². The van der Waals surface area contributed by atoms with Crippen LogP contribution in [0.2, 0.25) is 0 Å². The molecule has 1 heterocycles. The molecule has 1 atom stereocenters. The van der Waals surface area contributed by atoms with E-state index in [2.05, 4.69) is 4.90 Å². The predicted molar refractivity (Wildman–Crippen MR) is 70.7 cm³/mol. The smallest absolute Gasteiger partial charge is 0.222 e. The Balaban J connectivity index is 2.18. The largest absolute Gasteiger partial charge is 0.371 e. The number of aryl methyl sites for hydroxylation is 1. The number of aldehydes is 1. The predicted octanol–water partition coefficient (Wildman–Crippen LogP) is 1.51. The van der Waals surface area contributed by atoms with E-state index < -0.39 is 0 Å². The molecule has 2 rings (SSSR count). The van der Waals surface area contributed by atoms with Gasteiger partial charge in [-0.1, -0.05) is 0 Å².